The molecule has 0 unspecified atom stereocenters. The van der Waals surface area contributed by atoms with Gasteiger partial charge in [0, 0.05) is 18.0 Å². The Morgan fingerprint density at radius 2 is 2.21 bits per heavy atom. The Bertz CT molecular complexity index is 618. The summed E-state index contributed by atoms with van der Waals surface area (Å²) < 4.78 is 13.2. The predicted molar refractivity (Wildman–Crippen MR) is 67.2 cm³/mol. The van der Waals surface area contributed by atoms with Crippen LogP contribution >= 0.6 is 0 Å². The minimum Gasteiger partial charge on any atom is -0.379 e. The van der Waals surface area contributed by atoms with E-state index >= 15 is 0 Å². The summed E-state index contributed by atoms with van der Waals surface area (Å²) in [5.74, 6) is -0.0277. The molecule has 0 amide bonds. The molecule has 0 aliphatic carbocycles. The van der Waals surface area contributed by atoms with Crippen LogP contribution in [0.4, 0.5) is 15.8 Å². The molecule has 1 heterocycles. The number of nitro groups is 1. The van der Waals surface area contributed by atoms with E-state index in [-0.39, 0.29) is 5.69 Å². The van der Waals surface area contributed by atoms with Gasteiger partial charge in [0.1, 0.15) is 11.6 Å². The second-order valence-electron chi connectivity index (χ2n) is 3.90. The third-order valence-electron chi connectivity index (χ3n) is 2.40. The zero-order valence-corrected chi connectivity index (χ0v) is 10.1. The molecule has 0 bridgehead atoms. The van der Waals surface area contributed by atoms with Gasteiger partial charge in [-0.2, -0.15) is 0 Å². The molecule has 1 N–H and O–H groups in total. The van der Waals surface area contributed by atoms with Crippen molar-refractivity contribution in [2.45, 2.75) is 13.5 Å². The molecule has 2 rings (SSSR count). The van der Waals surface area contributed by atoms with E-state index in [4.69, 9.17) is 0 Å². The van der Waals surface area contributed by atoms with Crippen LogP contribution in [-0.4, -0.2) is 14.9 Å². The van der Waals surface area contributed by atoms with E-state index in [2.05, 4.69) is 15.3 Å². The fourth-order valence-electron chi connectivity index (χ4n) is 1.58. The Balaban J connectivity index is 2.13. The van der Waals surface area contributed by atoms with Crippen molar-refractivity contribution in [2.24, 2.45) is 0 Å². The van der Waals surface area contributed by atoms with Crippen LogP contribution in [0, 0.1) is 22.9 Å². The minimum absolute atomic E-state index is 0.290. The quantitative estimate of drug-likeness (QED) is 0.676. The summed E-state index contributed by atoms with van der Waals surface area (Å²) in [5, 5.41) is 13.5. The van der Waals surface area contributed by atoms with E-state index in [1.807, 2.05) is 0 Å². The summed E-state index contributed by atoms with van der Waals surface area (Å²) in [4.78, 5) is 18.1. The first-order valence-electron chi connectivity index (χ1n) is 5.52. The molecule has 2 aromatic rings. The minimum atomic E-state index is -0.657. The molecule has 0 fully saturated rings. The highest BCUT2D eigenvalue weighted by molar-refractivity contribution is 5.51. The maximum atomic E-state index is 13.2. The van der Waals surface area contributed by atoms with Crippen LogP contribution < -0.4 is 5.32 Å². The predicted octanol–water partition coefficient (Wildman–Crippen LogP) is 2.44. The zero-order valence-electron chi connectivity index (χ0n) is 10.1. The maximum Gasteiger partial charge on any atom is 0.274 e. The molecule has 0 spiro atoms. The monoisotopic (exact) mass is 262 g/mol. The Kier molecular flexibility index (Phi) is 3.65. The number of halogens is 1. The summed E-state index contributed by atoms with van der Waals surface area (Å²) in [6.45, 7) is 2.10. The van der Waals surface area contributed by atoms with Crippen molar-refractivity contribution in [3.8, 4) is 0 Å². The van der Waals surface area contributed by atoms with Gasteiger partial charge in [0.15, 0.2) is 0 Å². The number of benzene rings is 1. The van der Waals surface area contributed by atoms with E-state index < -0.39 is 10.7 Å². The molecular weight excluding hydrogens is 251 g/mol. The van der Waals surface area contributed by atoms with Gasteiger partial charge in [0.2, 0.25) is 0 Å². The van der Waals surface area contributed by atoms with Crippen LogP contribution in [0.5, 0.6) is 0 Å². The van der Waals surface area contributed by atoms with Gasteiger partial charge < -0.3 is 5.32 Å². The lowest BCUT2D eigenvalue weighted by Gasteiger charge is -2.06. The topological polar surface area (TPSA) is 81.0 Å². The number of anilines is 1. The smallest absolute Gasteiger partial charge is 0.274 e. The number of nitrogens with zero attached hydrogens (tertiary/aromatic N) is 3. The van der Waals surface area contributed by atoms with Crippen molar-refractivity contribution in [1.29, 1.82) is 0 Å². The first-order valence-corrected chi connectivity index (χ1v) is 5.52. The van der Waals surface area contributed by atoms with E-state index in [1.165, 1.54) is 12.1 Å². The summed E-state index contributed by atoms with van der Waals surface area (Å²) in [6, 6.07) is 5.06. The lowest BCUT2D eigenvalue weighted by molar-refractivity contribution is -0.385. The lowest BCUT2D eigenvalue weighted by atomic mass is 10.2. The van der Waals surface area contributed by atoms with Gasteiger partial charge in [-0.1, -0.05) is 0 Å². The maximum absolute atomic E-state index is 13.2. The Labute approximate surface area is 108 Å². The van der Waals surface area contributed by atoms with Gasteiger partial charge in [-0.3, -0.25) is 10.1 Å². The van der Waals surface area contributed by atoms with Gasteiger partial charge in [-0.05, 0) is 19.1 Å². The van der Waals surface area contributed by atoms with Crippen LogP contribution in [-0.2, 0) is 6.54 Å². The van der Waals surface area contributed by atoms with Gasteiger partial charge in [-0.15, -0.1) is 0 Å². The summed E-state index contributed by atoms with van der Waals surface area (Å²) in [6.07, 6.45) is 1.62. The average molecular weight is 262 g/mol. The first kappa shape index (κ1) is 12.9. The van der Waals surface area contributed by atoms with Crippen molar-refractivity contribution in [1.82, 2.24) is 9.97 Å². The fraction of sp³-hybridized carbons (Fsp3) is 0.167. The van der Waals surface area contributed by atoms with E-state index in [0.717, 1.165) is 11.8 Å². The van der Waals surface area contributed by atoms with Gasteiger partial charge in [0.25, 0.3) is 5.69 Å². The van der Waals surface area contributed by atoms with E-state index in [0.29, 0.717) is 18.1 Å². The average Bonchev–Trinajstić information content (AvgIpc) is 2.36. The van der Waals surface area contributed by atoms with Gasteiger partial charge >= 0.3 is 0 Å². The van der Waals surface area contributed by atoms with Crippen molar-refractivity contribution in [3.63, 3.8) is 0 Å². The second kappa shape index (κ2) is 5.38. The highest BCUT2D eigenvalue weighted by Gasteiger charge is 2.09. The number of rotatable bonds is 4. The van der Waals surface area contributed by atoms with Crippen LogP contribution in [0.2, 0.25) is 0 Å². The van der Waals surface area contributed by atoms with E-state index in [9.17, 15) is 14.5 Å². The third kappa shape index (κ3) is 3.44. The molecule has 1 aromatic heterocycles. The summed E-state index contributed by atoms with van der Waals surface area (Å²) in [5.41, 5.74) is 0.767. The van der Waals surface area contributed by atoms with Crippen LogP contribution in [0.1, 0.15) is 11.5 Å². The number of aryl methyl sites for hydroxylation is 1. The number of non-ortho nitro benzene ring substituents is 1. The van der Waals surface area contributed by atoms with Crippen molar-refractivity contribution in [2.75, 3.05) is 5.32 Å². The molecule has 19 heavy (non-hydrogen) atoms. The van der Waals surface area contributed by atoms with Crippen LogP contribution in [0.25, 0.3) is 0 Å². The van der Waals surface area contributed by atoms with Gasteiger partial charge in [0.05, 0.1) is 23.2 Å². The normalized spacial score (nSPS) is 10.2. The Hall–Kier alpha value is -2.57. The van der Waals surface area contributed by atoms with Crippen molar-refractivity contribution in [3.05, 3.63) is 57.9 Å². The molecule has 98 valence electrons. The van der Waals surface area contributed by atoms with Crippen LogP contribution in [0.15, 0.2) is 30.5 Å². The lowest BCUT2D eigenvalue weighted by Crippen LogP contribution is -2.04. The Morgan fingerprint density at radius 3 is 2.89 bits per heavy atom. The number of hydrogen-bond donors (Lipinski definition) is 1. The molecule has 0 radical (unpaired) electrons. The number of hydrogen-bond acceptors (Lipinski definition) is 5. The standard InChI is InChI=1S/C12H11FN4O2/c1-8-14-3-2-10(16-8)7-15-11-4-9(13)5-12(6-11)17(18)19/h2-6,15H,7H2,1H3. The molecule has 0 saturated carbocycles. The molecule has 0 atom stereocenters. The van der Waals surface area contributed by atoms with Crippen LogP contribution in [0.3, 0.4) is 0 Å². The molecule has 6 nitrogen and oxygen atoms in total. The molecule has 0 aliphatic heterocycles. The molecule has 0 saturated heterocycles. The second-order valence-corrected chi connectivity index (χ2v) is 3.90. The largest absolute Gasteiger partial charge is 0.379 e. The zero-order chi connectivity index (χ0) is 13.8. The molecular formula is C12H11FN4O2. The molecule has 1 aromatic carbocycles. The number of aromatic nitrogens is 2. The molecule has 7 heteroatoms. The molecule has 0 aliphatic rings. The highest BCUT2D eigenvalue weighted by atomic mass is 19.1. The number of nitrogens with one attached hydrogen (secondary N) is 1. The SMILES string of the molecule is Cc1nccc(CNc2cc(F)cc([N+](=O)[O-])c2)n1. The van der Waals surface area contributed by atoms with Crippen molar-refractivity contribution < 1.29 is 9.31 Å². The highest BCUT2D eigenvalue weighted by Crippen LogP contribution is 2.20. The number of nitro benzene ring substituents is 1. The third-order valence-corrected chi connectivity index (χ3v) is 2.40. The summed E-state index contributed by atoms with van der Waals surface area (Å²) >= 11 is 0. The van der Waals surface area contributed by atoms with E-state index in [1.54, 1.807) is 19.2 Å². The van der Waals surface area contributed by atoms with Crippen molar-refractivity contribution >= 4 is 11.4 Å². The van der Waals surface area contributed by atoms with Gasteiger partial charge in [-0.25, -0.2) is 14.4 Å². The fourth-order valence-corrected chi connectivity index (χ4v) is 1.58. The Morgan fingerprint density at radius 1 is 1.42 bits per heavy atom. The summed E-state index contributed by atoms with van der Waals surface area (Å²) in [7, 11) is 0. The first-order chi connectivity index (χ1) is 9.04.